The Hall–Kier alpha value is -2.37. The summed E-state index contributed by atoms with van der Waals surface area (Å²) in [5.41, 5.74) is 2.48. The molecule has 2 aliphatic rings. The van der Waals surface area contributed by atoms with E-state index in [9.17, 15) is 19.5 Å². The van der Waals surface area contributed by atoms with Crippen molar-refractivity contribution in [2.75, 3.05) is 13.1 Å². The standard InChI is InChI=1S/C20H26N2O4/c1-2-22-12-15(11-18(22)23)19(24)21-17(20(25)26)10-14-8-5-7-13-6-3-4-9-16(13)14/h3-4,6,9,14-15,17H,2,5,7-8,10-12H2,1H3,(H,21,24)(H,25,26). The summed E-state index contributed by atoms with van der Waals surface area (Å²) in [6.45, 7) is 2.82. The lowest BCUT2D eigenvalue weighted by Crippen LogP contribution is -2.45. The minimum atomic E-state index is -1.02. The molecule has 3 atom stereocenters. The fourth-order valence-corrected chi connectivity index (χ4v) is 4.15. The summed E-state index contributed by atoms with van der Waals surface area (Å²) in [6.07, 6.45) is 3.54. The molecule has 0 radical (unpaired) electrons. The zero-order valence-corrected chi connectivity index (χ0v) is 15.1. The quantitative estimate of drug-likeness (QED) is 0.814. The number of carboxylic acids is 1. The third kappa shape index (κ3) is 3.89. The second-order valence-electron chi connectivity index (χ2n) is 7.26. The fraction of sp³-hybridized carbons (Fsp3) is 0.550. The highest BCUT2D eigenvalue weighted by Gasteiger charge is 2.36. The van der Waals surface area contributed by atoms with Crippen LogP contribution in [-0.4, -0.2) is 46.9 Å². The molecule has 1 heterocycles. The number of likely N-dealkylation sites (tertiary alicyclic amines) is 1. The van der Waals surface area contributed by atoms with Crippen molar-refractivity contribution in [3.8, 4) is 0 Å². The number of nitrogens with zero attached hydrogens (tertiary/aromatic N) is 1. The van der Waals surface area contributed by atoms with E-state index in [1.54, 1.807) is 4.90 Å². The van der Waals surface area contributed by atoms with E-state index in [-0.39, 0.29) is 24.2 Å². The van der Waals surface area contributed by atoms with Gasteiger partial charge in [-0.05, 0) is 49.7 Å². The lowest BCUT2D eigenvalue weighted by Gasteiger charge is -2.28. The topological polar surface area (TPSA) is 86.7 Å². The van der Waals surface area contributed by atoms with Gasteiger partial charge in [-0.3, -0.25) is 9.59 Å². The predicted octanol–water partition coefficient (Wildman–Crippen LogP) is 1.93. The van der Waals surface area contributed by atoms with Crippen LogP contribution in [0.4, 0.5) is 0 Å². The molecule has 3 unspecified atom stereocenters. The molecule has 26 heavy (non-hydrogen) atoms. The summed E-state index contributed by atoms with van der Waals surface area (Å²) >= 11 is 0. The van der Waals surface area contributed by atoms with Crippen molar-refractivity contribution in [1.82, 2.24) is 10.2 Å². The monoisotopic (exact) mass is 358 g/mol. The van der Waals surface area contributed by atoms with Crippen LogP contribution >= 0.6 is 0 Å². The molecule has 3 rings (SSSR count). The Morgan fingerprint density at radius 2 is 2.12 bits per heavy atom. The molecule has 1 aromatic rings. The van der Waals surface area contributed by atoms with Crippen LogP contribution in [0.2, 0.25) is 0 Å². The molecular weight excluding hydrogens is 332 g/mol. The van der Waals surface area contributed by atoms with Crippen molar-refractivity contribution in [3.05, 3.63) is 35.4 Å². The van der Waals surface area contributed by atoms with E-state index in [2.05, 4.69) is 17.4 Å². The summed E-state index contributed by atoms with van der Waals surface area (Å²) in [5.74, 6) is -1.70. The minimum Gasteiger partial charge on any atom is -0.480 e. The van der Waals surface area contributed by atoms with Crippen molar-refractivity contribution in [2.24, 2.45) is 5.92 Å². The van der Waals surface area contributed by atoms with Gasteiger partial charge < -0.3 is 15.3 Å². The number of aryl methyl sites for hydroxylation is 1. The summed E-state index contributed by atoms with van der Waals surface area (Å²) < 4.78 is 0. The van der Waals surface area contributed by atoms with Crippen LogP contribution in [-0.2, 0) is 20.8 Å². The van der Waals surface area contributed by atoms with Gasteiger partial charge in [0.2, 0.25) is 11.8 Å². The Morgan fingerprint density at radius 1 is 1.35 bits per heavy atom. The Balaban J connectivity index is 1.66. The number of carbonyl (C=O) groups excluding carboxylic acids is 2. The van der Waals surface area contributed by atoms with Crippen molar-refractivity contribution in [1.29, 1.82) is 0 Å². The number of carbonyl (C=O) groups is 3. The van der Waals surface area contributed by atoms with Crippen LogP contribution < -0.4 is 5.32 Å². The molecule has 6 nitrogen and oxygen atoms in total. The van der Waals surface area contributed by atoms with Crippen LogP contribution in [0.1, 0.15) is 49.7 Å². The smallest absolute Gasteiger partial charge is 0.326 e. The first-order chi connectivity index (χ1) is 12.5. The van der Waals surface area contributed by atoms with Gasteiger partial charge in [0.1, 0.15) is 6.04 Å². The molecule has 0 saturated carbocycles. The molecule has 1 aliphatic heterocycles. The number of rotatable bonds is 6. The first-order valence-electron chi connectivity index (χ1n) is 9.38. The number of benzene rings is 1. The first kappa shape index (κ1) is 18.4. The molecule has 6 heteroatoms. The summed E-state index contributed by atoms with van der Waals surface area (Å²) in [5, 5.41) is 12.3. The van der Waals surface area contributed by atoms with E-state index in [1.165, 1.54) is 11.1 Å². The van der Waals surface area contributed by atoms with E-state index in [0.29, 0.717) is 19.5 Å². The Kier molecular flexibility index (Phi) is 5.59. The van der Waals surface area contributed by atoms with Gasteiger partial charge in [0, 0.05) is 19.5 Å². The van der Waals surface area contributed by atoms with Crippen LogP contribution in [0.3, 0.4) is 0 Å². The molecule has 1 fully saturated rings. The van der Waals surface area contributed by atoms with Gasteiger partial charge >= 0.3 is 5.97 Å². The summed E-state index contributed by atoms with van der Waals surface area (Å²) in [7, 11) is 0. The van der Waals surface area contributed by atoms with Gasteiger partial charge in [0.25, 0.3) is 0 Å². The average molecular weight is 358 g/mol. The van der Waals surface area contributed by atoms with Crippen LogP contribution in [0.5, 0.6) is 0 Å². The Bertz CT molecular complexity index is 703. The fourth-order valence-electron chi connectivity index (χ4n) is 4.15. The third-order valence-electron chi connectivity index (χ3n) is 5.60. The molecule has 1 aliphatic carbocycles. The van der Waals surface area contributed by atoms with Gasteiger partial charge in [-0.2, -0.15) is 0 Å². The van der Waals surface area contributed by atoms with Gasteiger partial charge in [-0.15, -0.1) is 0 Å². The summed E-state index contributed by atoms with van der Waals surface area (Å²) in [4.78, 5) is 37.7. The number of amides is 2. The first-order valence-corrected chi connectivity index (χ1v) is 9.38. The minimum absolute atomic E-state index is 0.0410. The lowest BCUT2D eigenvalue weighted by atomic mass is 9.79. The van der Waals surface area contributed by atoms with E-state index < -0.39 is 17.9 Å². The highest BCUT2D eigenvalue weighted by molar-refractivity contribution is 5.91. The van der Waals surface area contributed by atoms with E-state index >= 15 is 0 Å². The van der Waals surface area contributed by atoms with Gasteiger partial charge in [-0.1, -0.05) is 24.3 Å². The molecule has 2 N–H and O–H groups in total. The molecule has 1 saturated heterocycles. The Labute approximate surface area is 153 Å². The lowest BCUT2D eigenvalue weighted by molar-refractivity contribution is -0.142. The van der Waals surface area contributed by atoms with Gasteiger partial charge in [0.05, 0.1) is 5.92 Å². The molecule has 140 valence electrons. The zero-order chi connectivity index (χ0) is 18.7. The predicted molar refractivity (Wildman–Crippen MR) is 96.7 cm³/mol. The number of nitrogens with one attached hydrogen (secondary N) is 1. The van der Waals surface area contributed by atoms with E-state index in [0.717, 1.165) is 19.3 Å². The van der Waals surface area contributed by atoms with Crippen molar-refractivity contribution < 1.29 is 19.5 Å². The maximum absolute atomic E-state index is 12.5. The molecule has 2 amide bonds. The van der Waals surface area contributed by atoms with Crippen molar-refractivity contribution >= 4 is 17.8 Å². The molecular formula is C20H26N2O4. The molecule has 1 aromatic carbocycles. The van der Waals surface area contributed by atoms with Crippen LogP contribution in [0.15, 0.2) is 24.3 Å². The van der Waals surface area contributed by atoms with Gasteiger partial charge in [-0.25, -0.2) is 4.79 Å². The van der Waals surface area contributed by atoms with Crippen LogP contribution in [0, 0.1) is 5.92 Å². The highest BCUT2D eigenvalue weighted by Crippen LogP contribution is 2.34. The average Bonchev–Trinajstić information content (AvgIpc) is 3.02. The number of carboxylic acid groups (broad SMARTS) is 1. The SMILES string of the molecule is CCN1CC(C(=O)NC(CC2CCCc3ccccc32)C(=O)O)CC1=O. The normalized spacial score (nSPS) is 23.4. The van der Waals surface area contributed by atoms with Crippen LogP contribution in [0.25, 0.3) is 0 Å². The van der Waals surface area contributed by atoms with Crippen molar-refractivity contribution in [3.63, 3.8) is 0 Å². The second-order valence-corrected chi connectivity index (χ2v) is 7.26. The van der Waals surface area contributed by atoms with Gasteiger partial charge in [0.15, 0.2) is 0 Å². The number of hydrogen-bond donors (Lipinski definition) is 2. The number of fused-ring (bicyclic) bond motifs is 1. The molecule has 0 bridgehead atoms. The van der Waals surface area contributed by atoms with E-state index in [4.69, 9.17) is 0 Å². The largest absolute Gasteiger partial charge is 0.480 e. The third-order valence-corrected chi connectivity index (χ3v) is 5.60. The Morgan fingerprint density at radius 3 is 2.81 bits per heavy atom. The number of aliphatic carboxylic acids is 1. The van der Waals surface area contributed by atoms with E-state index in [1.807, 2.05) is 19.1 Å². The summed E-state index contributed by atoms with van der Waals surface area (Å²) in [6, 6.07) is 7.22. The maximum Gasteiger partial charge on any atom is 0.326 e. The number of hydrogen-bond acceptors (Lipinski definition) is 3. The second kappa shape index (κ2) is 7.89. The highest BCUT2D eigenvalue weighted by atomic mass is 16.4. The molecule has 0 aromatic heterocycles. The zero-order valence-electron chi connectivity index (χ0n) is 15.1. The maximum atomic E-state index is 12.5. The van der Waals surface area contributed by atoms with Crippen molar-refractivity contribution in [2.45, 2.75) is 51.0 Å². The molecule has 0 spiro atoms.